The Kier molecular flexibility index (Phi) is 20.0. The molecule has 0 fully saturated rings. The summed E-state index contributed by atoms with van der Waals surface area (Å²) < 4.78 is 13.2. The summed E-state index contributed by atoms with van der Waals surface area (Å²) >= 11 is 0. The molecular formula is C55H72N6O16. The standard InChI is InChI=1S/C55H72N6O16/c1-8-55(75)33(6)77-27-39-40(55)23-42-49-38(24-61(42)54(39)74)36(37-19-29(2)30(3)20-41(37)58-49)11-9-10-18-76-28-56-52(72)31(4)21-43(64)32(5)57-53(73)34(22-35(63)16-17-60-47(68)14-15-48(60)69)12-13-46(67)59(7)25-44(65)50(70)51(71)45(66)26-62/h14-15,19-20,23,31-32,34,44-45,50-51,62,65-66,70-71,75H,6,8-13,16-18,21-22,24-28H2,1-5,7H3,(H,56,72)(H,57,73)/t31-,32+,34-,44+,45-,50-,51-,55-/m1/s1. The lowest BCUT2D eigenvalue weighted by atomic mass is 9.84. The number of fused-ring (bicyclic) bond motifs is 5. The van der Waals surface area contributed by atoms with Gasteiger partial charge >= 0.3 is 0 Å². The Bertz CT molecular complexity index is 2860. The van der Waals surface area contributed by atoms with Crippen molar-refractivity contribution in [3.63, 3.8) is 0 Å². The Morgan fingerprint density at radius 3 is 2.27 bits per heavy atom. The van der Waals surface area contributed by atoms with E-state index < -0.39 is 109 Å². The van der Waals surface area contributed by atoms with E-state index in [1.165, 1.54) is 14.0 Å². The number of carbonyl (C=O) groups is 7. The minimum Gasteiger partial charge on any atom is -0.490 e. The third-order valence-corrected chi connectivity index (χ3v) is 15.0. The fourth-order valence-electron chi connectivity index (χ4n) is 9.81. The van der Waals surface area contributed by atoms with Gasteiger partial charge < -0.3 is 60.2 Å². The highest BCUT2D eigenvalue weighted by molar-refractivity contribution is 6.13. The molecule has 5 heterocycles. The molecular weight excluding hydrogens is 1000 g/mol. The van der Waals surface area contributed by atoms with Crippen LogP contribution in [0.4, 0.5) is 0 Å². The van der Waals surface area contributed by atoms with Crippen molar-refractivity contribution < 1.29 is 73.7 Å². The molecule has 22 heteroatoms. The fraction of sp³-hybridized carbons (Fsp3) is 0.545. The maximum atomic E-state index is 14.0. The Labute approximate surface area is 445 Å². The third-order valence-electron chi connectivity index (χ3n) is 15.0. The van der Waals surface area contributed by atoms with E-state index in [1.807, 2.05) is 32.9 Å². The van der Waals surface area contributed by atoms with Crippen LogP contribution in [-0.4, -0.2) is 162 Å². The van der Waals surface area contributed by atoms with E-state index in [-0.39, 0.29) is 63.3 Å². The monoisotopic (exact) mass is 1070 g/mol. The summed E-state index contributed by atoms with van der Waals surface area (Å²) in [4.78, 5) is 111. The molecule has 8 atom stereocenters. The van der Waals surface area contributed by atoms with Crippen molar-refractivity contribution in [3.8, 4) is 11.4 Å². The summed E-state index contributed by atoms with van der Waals surface area (Å²) in [6.45, 7) is 11.6. The largest absolute Gasteiger partial charge is 0.490 e. The molecule has 3 aliphatic heterocycles. The normalized spacial score (nSPS) is 18.4. The van der Waals surface area contributed by atoms with Crippen LogP contribution in [0, 0.1) is 25.7 Å². The van der Waals surface area contributed by atoms with E-state index in [0.29, 0.717) is 54.9 Å². The molecule has 0 radical (unpaired) electrons. The van der Waals surface area contributed by atoms with Crippen molar-refractivity contribution in [1.82, 2.24) is 30.0 Å². The third kappa shape index (κ3) is 13.6. The molecule has 6 rings (SSSR count). The summed E-state index contributed by atoms with van der Waals surface area (Å²) in [5, 5.41) is 67.0. The number of Topliss-reactive ketones (excluding diaryl/α,β-unsaturated/α-hetero) is 2. The lowest BCUT2D eigenvalue weighted by Crippen LogP contribution is -2.50. The van der Waals surface area contributed by atoms with Crippen LogP contribution in [0.5, 0.6) is 0 Å². The van der Waals surface area contributed by atoms with Crippen LogP contribution in [-0.2, 0) is 68.2 Å². The van der Waals surface area contributed by atoms with Gasteiger partial charge in [0.05, 0.1) is 41.7 Å². The number of imide groups is 1. The van der Waals surface area contributed by atoms with Crippen molar-refractivity contribution in [3.05, 3.63) is 86.4 Å². The van der Waals surface area contributed by atoms with Crippen molar-refractivity contribution >= 4 is 52.0 Å². The number of aromatic nitrogens is 2. The van der Waals surface area contributed by atoms with Crippen molar-refractivity contribution in [2.75, 3.05) is 40.1 Å². The molecule has 0 unspecified atom stereocenters. The average molecular weight is 1070 g/mol. The van der Waals surface area contributed by atoms with Gasteiger partial charge in [0.25, 0.3) is 17.4 Å². The van der Waals surface area contributed by atoms with E-state index in [2.05, 4.69) is 23.3 Å². The predicted molar refractivity (Wildman–Crippen MR) is 278 cm³/mol. The van der Waals surface area contributed by atoms with E-state index in [0.717, 1.165) is 55.1 Å². The zero-order valence-electron chi connectivity index (χ0n) is 44.5. The number of amides is 5. The number of pyridine rings is 2. The van der Waals surface area contributed by atoms with Crippen LogP contribution in [0.25, 0.3) is 22.3 Å². The number of hydrogen-bond donors (Lipinski definition) is 8. The van der Waals surface area contributed by atoms with Crippen molar-refractivity contribution in [2.24, 2.45) is 11.8 Å². The van der Waals surface area contributed by atoms with Crippen molar-refractivity contribution in [2.45, 2.75) is 142 Å². The van der Waals surface area contributed by atoms with E-state index in [1.54, 1.807) is 11.5 Å². The van der Waals surface area contributed by atoms with Gasteiger partial charge in [-0.2, -0.15) is 0 Å². The summed E-state index contributed by atoms with van der Waals surface area (Å²) in [6.07, 6.45) is -4.55. The Morgan fingerprint density at radius 1 is 0.922 bits per heavy atom. The Balaban J connectivity index is 0.995. The lowest BCUT2D eigenvalue weighted by molar-refractivity contribution is -0.140. The number of aliphatic hydroxyl groups excluding tert-OH is 5. The van der Waals surface area contributed by atoms with Gasteiger partial charge in [0.15, 0.2) is 5.78 Å². The molecule has 77 heavy (non-hydrogen) atoms. The van der Waals surface area contributed by atoms with E-state index in [9.17, 15) is 63.9 Å². The van der Waals surface area contributed by atoms with Crippen LogP contribution in [0.2, 0.25) is 0 Å². The number of nitrogens with zero attached hydrogens (tertiary/aromatic N) is 4. The molecule has 3 aromatic rings. The number of rotatable bonds is 28. The number of carbonyl (C=O) groups excluding carboxylic acids is 7. The number of aryl methyl sites for hydroxylation is 3. The molecule has 0 spiro atoms. The zero-order chi connectivity index (χ0) is 56.6. The molecule has 0 aliphatic carbocycles. The number of ketones is 2. The molecule has 1 aromatic carbocycles. The highest BCUT2D eigenvalue weighted by Crippen LogP contribution is 2.43. The number of hydrogen-bond acceptors (Lipinski definition) is 17. The second-order valence-corrected chi connectivity index (χ2v) is 20.4. The summed E-state index contributed by atoms with van der Waals surface area (Å²) in [6, 6.07) is 4.89. The van der Waals surface area contributed by atoms with E-state index in [4.69, 9.17) is 19.6 Å². The van der Waals surface area contributed by atoms with Gasteiger partial charge in [-0.25, -0.2) is 4.98 Å². The molecule has 2 aromatic heterocycles. The first kappa shape index (κ1) is 59.7. The van der Waals surface area contributed by atoms with Gasteiger partial charge in [-0.05, 0) is 87.8 Å². The van der Waals surface area contributed by atoms with Gasteiger partial charge in [0.2, 0.25) is 17.7 Å². The number of likely N-dealkylation sites (N-methyl/N-ethyl adjacent to an activating group) is 1. The summed E-state index contributed by atoms with van der Waals surface area (Å²) in [5.74, 6) is -5.89. The molecule has 418 valence electrons. The van der Waals surface area contributed by atoms with Crippen LogP contribution < -0.4 is 16.2 Å². The number of benzene rings is 1. The number of unbranched alkanes of at least 4 members (excludes halogenated alkanes) is 1. The molecule has 0 bridgehead atoms. The van der Waals surface area contributed by atoms with Crippen LogP contribution in [0.15, 0.2) is 47.5 Å². The second-order valence-electron chi connectivity index (χ2n) is 20.4. The number of ether oxygens (including phenoxy) is 2. The predicted octanol–water partition coefficient (Wildman–Crippen LogP) is 0.762. The Morgan fingerprint density at radius 2 is 1.60 bits per heavy atom. The average Bonchev–Trinajstić information content (AvgIpc) is 4.03. The van der Waals surface area contributed by atoms with Gasteiger partial charge in [-0.3, -0.25) is 43.3 Å². The first-order chi connectivity index (χ1) is 36.4. The van der Waals surface area contributed by atoms with E-state index >= 15 is 0 Å². The van der Waals surface area contributed by atoms with Crippen LogP contribution in [0.3, 0.4) is 0 Å². The molecule has 0 saturated heterocycles. The fourth-order valence-corrected chi connectivity index (χ4v) is 9.81. The lowest BCUT2D eigenvalue weighted by Gasteiger charge is -2.35. The Hall–Kier alpha value is -6.53. The maximum Gasteiger partial charge on any atom is 0.258 e. The minimum absolute atomic E-state index is 0.0156. The molecule has 8 N–H and O–H groups in total. The SMILES string of the molecule is C=C1OCc2c(cc3n(c2=O)Cc2c-3nc3cc(C)c(C)cc3c2CCCCOCNC(=O)[C@H](C)CC(=O)[C@H](C)NC(=O)[C@H](CCC(=O)N(C)C[C@H](O)[C@@H](O)[C@H](O)[C@H](O)CO)CC(=O)CCN2C(=O)C=CC2=O)[C@@]1(O)CC. The van der Waals surface area contributed by atoms with Gasteiger partial charge in [0.1, 0.15) is 54.9 Å². The topological polar surface area (TPSA) is 325 Å². The molecule has 3 aliphatic rings. The van der Waals surface area contributed by atoms with Gasteiger partial charge in [-0.15, -0.1) is 0 Å². The maximum absolute atomic E-state index is 14.0. The quantitative estimate of drug-likeness (QED) is 0.0221. The zero-order valence-corrected chi connectivity index (χ0v) is 44.5. The smallest absolute Gasteiger partial charge is 0.258 e. The molecule has 0 saturated carbocycles. The van der Waals surface area contributed by atoms with Crippen LogP contribution in [0.1, 0.15) is 106 Å². The van der Waals surface area contributed by atoms with Gasteiger partial charge in [-0.1, -0.05) is 20.4 Å². The number of nitrogens with one attached hydrogen (secondary N) is 2. The second kappa shape index (κ2) is 25.7. The van der Waals surface area contributed by atoms with Gasteiger partial charge in [0, 0.05) is 92.9 Å². The van der Waals surface area contributed by atoms with Crippen LogP contribution >= 0.6 is 0 Å². The highest BCUT2D eigenvalue weighted by Gasteiger charge is 2.42. The first-order valence-electron chi connectivity index (χ1n) is 26.0. The highest BCUT2D eigenvalue weighted by atomic mass is 16.5. The number of aliphatic hydroxyl groups is 6. The summed E-state index contributed by atoms with van der Waals surface area (Å²) in [7, 11) is 1.27. The minimum atomic E-state index is -1.93. The van der Waals surface area contributed by atoms with Crippen molar-refractivity contribution in [1.29, 1.82) is 0 Å². The first-order valence-corrected chi connectivity index (χ1v) is 26.0. The molecule has 22 nitrogen and oxygen atoms in total. The summed E-state index contributed by atoms with van der Waals surface area (Å²) in [5.41, 5.74) is 5.43. The molecule has 5 amide bonds.